The van der Waals surface area contributed by atoms with E-state index in [1.165, 1.54) is 193 Å². The Balaban J connectivity index is 4.13. The summed E-state index contributed by atoms with van der Waals surface area (Å²) in [7, 11) is 0. The van der Waals surface area contributed by atoms with Gasteiger partial charge in [-0.25, -0.2) is 0 Å². The van der Waals surface area contributed by atoms with E-state index in [1.54, 1.807) is 0 Å². The van der Waals surface area contributed by atoms with Crippen LogP contribution < -0.4 is 0 Å². The zero-order valence-electron chi connectivity index (χ0n) is 44.7. The van der Waals surface area contributed by atoms with Gasteiger partial charge < -0.3 is 14.2 Å². The minimum Gasteiger partial charge on any atom is -0.462 e. The monoisotopic (exact) mass is 939 g/mol. The number of hydrogen-bond donors (Lipinski definition) is 0. The predicted octanol–water partition coefficient (Wildman–Crippen LogP) is 19.4. The molecule has 1 atom stereocenters. The van der Waals surface area contributed by atoms with Crippen LogP contribution in [0.2, 0.25) is 0 Å². The molecule has 0 fully saturated rings. The average molecular weight is 940 g/mol. The fourth-order valence-electron chi connectivity index (χ4n) is 8.52. The van der Waals surface area contributed by atoms with Crippen LogP contribution in [-0.2, 0) is 28.6 Å². The van der Waals surface area contributed by atoms with Gasteiger partial charge in [-0.3, -0.25) is 14.4 Å². The molecule has 0 bridgehead atoms. The van der Waals surface area contributed by atoms with Crippen molar-refractivity contribution in [3.8, 4) is 0 Å². The lowest BCUT2D eigenvalue weighted by atomic mass is 10.0. The summed E-state index contributed by atoms with van der Waals surface area (Å²) in [5, 5.41) is 0. The highest BCUT2D eigenvalue weighted by molar-refractivity contribution is 5.71. The van der Waals surface area contributed by atoms with Gasteiger partial charge in [0.05, 0.1) is 0 Å². The number of unbranched alkanes of at least 4 members (excludes halogenated alkanes) is 34. The Morgan fingerprint density at radius 1 is 0.313 bits per heavy atom. The average Bonchev–Trinajstić information content (AvgIpc) is 3.33. The first-order chi connectivity index (χ1) is 33.0. The maximum Gasteiger partial charge on any atom is 0.306 e. The molecule has 6 heteroatoms. The highest BCUT2D eigenvalue weighted by Crippen LogP contribution is 2.17. The Morgan fingerprint density at radius 2 is 0.582 bits per heavy atom. The van der Waals surface area contributed by atoms with Crippen molar-refractivity contribution in [2.24, 2.45) is 0 Å². The van der Waals surface area contributed by atoms with Crippen LogP contribution in [0.5, 0.6) is 0 Å². The highest BCUT2D eigenvalue weighted by atomic mass is 16.6. The number of allylic oxidation sites excluding steroid dienone is 8. The Labute approximate surface area is 416 Å². The van der Waals surface area contributed by atoms with Gasteiger partial charge in [0, 0.05) is 19.3 Å². The topological polar surface area (TPSA) is 78.9 Å². The summed E-state index contributed by atoms with van der Waals surface area (Å²) in [6.45, 7) is 6.47. The molecule has 0 N–H and O–H groups in total. The molecule has 0 aromatic heterocycles. The van der Waals surface area contributed by atoms with Gasteiger partial charge in [-0.05, 0) is 44.9 Å². The summed E-state index contributed by atoms with van der Waals surface area (Å²) in [6, 6.07) is 0. The second kappa shape index (κ2) is 56.0. The Kier molecular flexibility index (Phi) is 53.8. The molecule has 0 radical (unpaired) electrons. The van der Waals surface area contributed by atoms with Crippen LogP contribution in [0.4, 0.5) is 0 Å². The molecule has 0 amide bonds. The van der Waals surface area contributed by atoms with Crippen LogP contribution in [0.3, 0.4) is 0 Å². The van der Waals surface area contributed by atoms with E-state index in [-0.39, 0.29) is 37.5 Å². The first-order valence-corrected chi connectivity index (χ1v) is 29.1. The van der Waals surface area contributed by atoms with Crippen molar-refractivity contribution in [2.45, 2.75) is 309 Å². The second-order valence-electron chi connectivity index (χ2n) is 19.5. The molecule has 1 unspecified atom stereocenters. The van der Waals surface area contributed by atoms with Crippen LogP contribution in [0.15, 0.2) is 48.6 Å². The molecular formula is C61H110O6. The van der Waals surface area contributed by atoms with Crippen LogP contribution >= 0.6 is 0 Å². The molecule has 0 aliphatic heterocycles. The van der Waals surface area contributed by atoms with E-state index in [2.05, 4.69) is 63.3 Å². The van der Waals surface area contributed by atoms with Crippen LogP contribution in [-0.4, -0.2) is 37.2 Å². The molecule has 0 heterocycles. The lowest BCUT2D eigenvalue weighted by Gasteiger charge is -2.18. The minimum atomic E-state index is -0.806. The molecule has 390 valence electrons. The first kappa shape index (κ1) is 64.4. The maximum atomic E-state index is 12.7. The molecule has 0 saturated heterocycles. The number of carbonyl (C=O) groups is 3. The molecule has 67 heavy (non-hydrogen) atoms. The molecule has 0 aromatic carbocycles. The van der Waals surface area contributed by atoms with Gasteiger partial charge in [-0.2, -0.15) is 0 Å². The lowest BCUT2D eigenvalue weighted by Crippen LogP contribution is -2.30. The number of ether oxygens (including phenoxy) is 3. The van der Waals surface area contributed by atoms with Crippen molar-refractivity contribution in [2.75, 3.05) is 13.2 Å². The third-order valence-corrected chi connectivity index (χ3v) is 12.9. The van der Waals surface area contributed by atoms with Crippen LogP contribution in [0.25, 0.3) is 0 Å². The van der Waals surface area contributed by atoms with E-state index in [4.69, 9.17) is 14.2 Å². The van der Waals surface area contributed by atoms with E-state index < -0.39 is 6.10 Å². The van der Waals surface area contributed by atoms with E-state index in [0.717, 1.165) is 64.2 Å². The summed E-state index contributed by atoms with van der Waals surface area (Å²) < 4.78 is 16.7. The quantitative estimate of drug-likeness (QED) is 0.0262. The third-order valence-electron chi connectivity index (χ3n) is 12.9. The minimum absolute atomic E-state index is 0.0979. The van der Waals surface area contributed by atoms with Gasteiger partial charge in [0.15, 0.2) is 6.10 Å². The SMILES string of the molecule is CC/C=C\C/C=C\C/C=C\C/C=C\CCC(=O)OC(COC(=O)CCCCCCCCCCC)COC(=O)CCCCCCCCCCCCCCCCCCCCCCCCCCCCC. The van der Waals surface area contributed by atoms with Gasteiger partial charge in [0.2, 0.25) is 0 Å². The Hall–Kier alpha value is -2.63. The van der Waals surface area contributed by atoms with Crippen molar-refractivity contribution in [1.29, 1.82) is 0 Å². The van der Waals surface area contributed by atoms with E-state index in [1.807, 2.05) is 6.08 Å². The summed E-state index contributed by atoms with van der Waals surface area (Å²) in [4.78, 5) is 37.9. The molecule has 0 aliphatic carbocycles. The van der Waals surface area contributed by atoms with E-state index in [0.29, 0.717) is 19.3 Å². The normalized spacial score (nSPS) is 12.3. The standard InChI is InChI=1S/C61H110O6/c1-4-7-10-13-16-19-21-23-24-25-26-27-28-29-30-31-32-33-34-35-36-38-39-42-45-48-51-54-60(63)66-57-58(56-65-59(62)53-50-47-44-41-18-15-12-9-6-3)67-61(64)55-52-49-46-43-40-37-22-20-17-14-11-8-5-2/h8,11,17,20,37,40,46,49,58H,4-7,9-10,12-16,18-19,21-36,38-39,41-45,47-48,50-57H2,1-3H3/b11-8-,20-17-,40-37-,49-46-. The molecule has 0 spiro atoms. The summed E-state index contributed by atoms with van der Waals surface area (Å²) in [6.07, 6.45) is 68.7. The van der Waals surface area contributed by atoms with Gasteiger partial charge in [-0.15, -0.1) is 0 Å². The van der Waals surface area contributed by atoms with Crippen molar-refractivity contribution >= 4 is 17.9 Å². The molecular weight excluding hydrogens is 829 g/mol. The summed E-state index contributed by atoms with van der Waals surface area (Å²) in [5.41, 5.74) is 0. The molecule has 0 aromatic rings. The predicted molar refractivity (Wildman–Crippen MR) is 289 cm³/mol. The lowest BCUT2D eigenvalue weighted by molar-refractivity contribution is -0.166. The summed E-state index contributed by atoms with van der Waals surface area (Å²) >= 11 is 0. The fraction of sp³-hybridized carbons (Fsp3) is 0.820. The van der Waals surface area contributed by atoms with Gasteiger partial charge in [0.25, 0.3) is 0 Å². The van der Waals surface area contributed by atoms with Gasteiger partial charge in [-0.1, -0.05) is 288 Å². The van der Waals surface area contributed by atoms with Crippen molar-refractivity contribution in [3.05, 3.63) is 48.6 Å². The van der Waals surface area contributed by atoms with Crippen molar-refractivity contribution in [1.82, 2.24) is 0 Å². The second-order valence-corrected chi connectivity index (χ2v) is 19.5. The molecule has 0 aliphatic rings. The van der Waals surface area contributed by atoms with E-state index >= 15 is 0 Å². The largest absolute Gasteiger partial charge is 0.462 e. The zero-order valence-corrected chi connectivity index (χ0v) is 44.7. The first-order valence-electron chi connectivity index (χ1n) is 29.1. The van der Waals surface area contributed by atoms with Crippen LogP contribution in [0, 0.1) is 0 Å². The number of rotatable bonds is 53. The molecule has 6 nitrogen and oxygen atoms in total. The van der Waals surface area contributed by atoms with E-state index in [9.17, 15) is 14.4 Å². The zero-order chi connectivity index (χ0) is 48.6. The fourth-order valence-corrected chi connectivity index (χ4v) is 8.52. The number of hydrogen-bond acceptors (Lipinski definition) is 6. The highest BCUT2D eigenvalue weighted by Gasteiger charge is 2.19. The van der Waals surface area contributed by atoms with Gasteiger partial charge >= 0.3 is 17.9 Å². The maximum absolute atomic E-state index is 12.7. The molecule has 0 rings (SSSR count). The van der Waals surface area contributed by atoms with Gasteiger partial charge in [0.1, 0.15) is 13.2 Å². The third kappa shape index (κ3) is 54.2. The molecule has 0 saturated carbocycles. The number of carbonyl (C=O) groups excluding carboxylic acids is 3. The smallest absolute Gasteiger partial charge is 0.306 e. The van der Waals surface area contributed by atoms with Crippen molar-refractivity contribution < 1.29 is 28.6 Å². The van der Waals surface area contributed by atoms with Crippen molar-refractivity contribution in [3.63, 3.8) is 0 Å². The summed E-state index contributed by atoms with van der Waals surface area (Å²) in [5.74, 6) is -0.971. The number of esters is 3. The Bertz CT molecular complexity index is 1170. The van der Waals surface area contributed by atoms with Crippen LogP contribution in [0.1, 0.15) is 303 Å². The Morgan fingerprint density at radius 3 is 0.881 bits per heavy atom.